The molecular weight excluding hydrogens is 246 g/mol. The SMILES string of the molecule is CCCNC(CC(C)(C)OC)c1ccc(CCC)cc1. The first-order chi connectivity index (χ1) is 9.52. The van der Waals surface area contributed by atoms with Crippen molar-refractivity contribution in [3.63, 3.8) is 0 Å². The maximum absolute atomic E-state index is 5.59. The minimum absolute atomic E-state index is 0.104. The first-order valence-electron chi connectivity index (χ1n) is 7.89. The lowest BCUT2D eigenvalue weighted by atomic mass is 9.92. The number of methoxy groups -OCH3 is 1. The van der Waals surface area contributed by atoms with Crippen molar-refractivity contribution < 1.29 is 4.74 Å². The monoisotopic (exact) mass is 277 g/mol. The molecule has 2 nitrogen and oxygen atoms in total. The summed E-state index contributed by atoms with van der Waals surface area (Å²) in [4.78, 5) is 0. The highest BCUT2D eigenvalue weighted by Crippen LogP contribution is 2.26. The molecule has 0 aromatic heterocycles. The number of hydrogen-bond donors (Lipinski definition) is 1. The van der Waals surface area contributed by atoms with E-state index in [2.05, 4.69) is 57.3 Å². The van der Waals surface area contributed by atoms with Crippen molar-refractivity contribution in [2.45, 2.75) is 65.0 Å². The van der Waals surface area contributed by atoms with Crippen LogP contribution >= 0.6 is 0 Å². The fourth-order valence-electron chi connectivity index (χ4n) is 2.41. The smallest absolute Gasteiger partial charge is 0.0640 e. The van der Waals surface area contributed by atoms with Crippen LogP contribution in [0.3, 0.4) is 0 Å². The molecule has 0 radical (unpaired) electrons. The number of nitrogens with one attached hydrogen (secondary N) is 1. The van der Waals surface area contributed by atoms with E-state index >= 15 is 0 Å². The van der Waals surface area contributed by atoms with Crippen LogP contribution in [-0.4, -0.2) is 19.3 Å². The van der Waals surface area contributed by atoms with Crippen molar-refractivity contribution in [2.24, 2.45) is 0 Å². The molecule has 1 unspecified atom stereocenters. The molecule has 0 spiro atoms. The second-order valence-electron chi connectivity index (χ2n) is 6.17. The van der Waals surface area contributed by atoms with Gasteiger partial charge in [-0.05, 0) is 50.8 Å². The maximum Gasteiger partial charge on any atom is 0.0640 e. The Kier molecular flexibility index (Phi) is 7.25. The Bertz CT molecular complexity index is 370. The van der Waals surface area contributed by atoms with Crippen LogP contribution in [0.15, 0.2) is 24.3 Å². The molecule has 0 saturated carbocycles. The molecule has 114 valence electrons. The van der Waals surface area contributed by atoms with Gasteiger partial charge >= 0.3 is 0 Å². The topological polar surface area (TPSA) is 21.3 Å². The van der Waals surface area contributed by atoms with Crippen LogP contribution in [-0.2, 0) is 11.2 Å². The standard InChI is InChI=1S/C18H31NO/c1-6-8-15-9-11-16(12-10-15)17(19-13-7-2)14-18(3,4)20-5/h9-12,17,19H,6-8,13-14H2,1-5H3. The number of hydrogen-bond acceptors (Lipinski definition) is 2. The molecule has 0 aliphatic carbocycles. The van der Waals surface area contributed by atoms with Crippen molar-refractivity contribution in [3.05, 3.63) is 35.4 Å². The van der Waals surface area contributed by atoms with Gasteiger partial charge < -0.3 is 10.1 Å². The maximum atomic E-state index is 5.59. The fraction of sp³-hybridized carbons (Fsp3) is 0.667. The quantitative estimate of drug-likeness (QED) is 0.718. The van der Waals surface area contributed by atoms with Gasteiger partial charge in [0.2, 0.25) is 0 Å². The van der Waals surface area contributed by atoms with Gasteiger partial charge in [-0.3, -0.25) is 0 Å². The Morgan fingerprint density at radius 2 is 1.75 bits per heavy atom. The lowest BCUT2D eigenvalue weighted by Gasteiger charge is -2.29. The van der Waals surface area contributed by atoms with E-state index in [0.717, 1.165) is 25.8 Å². The van der Waals surface area contributed by atoms with E-state index in [4.69, 9.17) is 4.74 Å². The van der Waals surface area contributed by atoms with Gasteiger partial charge in [0.15, 0.2) is 0 Å². The van der Waals surface area contributed by atoms with Gasteiger partial charge in [-0.2, -0.15) is 0 Å². The van der Waals surface area contributed by atoms with E-state index < -0.39 is 0 Å². The normalized spacial score (nSPS) is 13.4. The molecule has 0 fully saturated rings. The number of aryl methyl sites for hydroxylation is 1. The first kappa shape index (κ1) is 17.2. The Hall–Kier alpha value is -0.860. The first-order valence-corrected chi connectivity index (χ1v) is 7.89. The fourth-order valence-corrected chi connectivity index (χ4v) is 2.41. The molecule has 0 amide bonds. The largest absolute Gasteiger partial charge is 0.379 e. The summed E-state index contributed by atoms with van der Waals surface area (Å²) in [5, 5.41) is 3.65. The Balaban J connectivity index is 2.80. The van der Waals surface area contributed by atoms with Crippen LogP contribution in [0.25, 0.3) is 0 Å². The molecular formula is C18H31NO. The zero-order chi connectivity index (χ0) is 15.0. The highest BCUT2D eigenvalue weighted by Gasteiger charge is 2.23. The van der Waals surface area contributed by atoms with Crippen LogP contribution in [0.2, 0.25) is 0 Å². The predicted molar refractivity (Wildman–Crippen MR) is 87.2 cm³/mol. The molecule has 0 heterocycles. The van der Waals surface area contributed by atoms with E-state index in [9.17, 15) is 0 Å². The van der Waals surface area contributed by atoms with Gasteiger partial charge in [0.1, 0.15) is 0 Å². The molecule has 1 N–H and O–H groups in total. The third-order valence-electron chi connectivity index (χ3n) is 3.81. The van der Waals surface area contributed by atoms with Gasteiger partial charge in [0, 0.05) is 13.2 Å². The summed E-state index contributed by atoms with van der Waals surface area (Å²) in [6.07, 6.45) is 4.50. The van der Waals surface area contributed by atoms with E-state index in [1.165, 1.54) is 17.5 Å². The van der Waals surface area contributed by atoms with E-state index in [-0.39, 0.29) is 5.60 Å². The number of benzene rings is 1. The average molecular weight is 277 g/mol. The number of rotatable bonds is 9. The Morgan fingerprint density at radius 3 is 2.25 bits per heavy atom. The zero-order valence-electron chi connectivity index (χ0n) is 13.8. The summed E-state index contributed by atoms with van der Waals surface area (Å²) in [7, 11) is 1.79. The van der Waals surface area contributed by atoms with Crippen molar-refractivity contribution in [1.82, 2.24) is 5.32 Å². The second-order valence-corrected chi connectivity index (χ2v) is 6.17. The molecule has 0 aliphatic heterocycles. The van der Waals surface area contributed by atoms with E-state index in [1.54, 1.807) is 7.11 Å². The van der Waals surface area contributed by atoms with Crippen molar-refractivity contribution >= 4 is 0 Å². The molecule has 2 heteroatoms. The summed E-state index contributed by atoms with van der Waals surface area (Å²) >= 11 is 0. The summed E-state index contributed by atoms with van der Waals surface area (Å²) in [5.41, 5.74) is 2.69. The third-order valence-corrected chi connectivity index (χ3v) is 3.81. The van der Waals surface area contributed by atoms with Crippen LogP contribution in [0.4, 0.5) is 0 Å². The molecule has 1 aromatic carbocycles. The minimum atomic E-state index is -0.104. The van der Waals surface area contributed by atoms with Crippen molar-refractivity contribution in [3.8, 4) is 0 Å². The van der Waals surface area contributed by atoms with E-state index in [0.29, 0.717) is 6.04 Å². The molecule has 0 bridgehead atoms. The Morgan fingerprint density at radius 1 is 1.10 bits per heavy atom. The van der Waals surface area contributed by atoms with Gasteiger partial charge in [0.25, 0.3) is 0 Å². The molecule has 0 saturated heterocycles. The average Bonchev–Trinajstić information content (AvgIpc) is 2.45. The predicted octanol–water partition coefficient (Wildman–Crippen LogP) is 4.49. The van der Waals surface area contributed by atoms with Crippen molar-refractivity contribution in [2.75, 3.05) is 13.7 Å². The molecule has 1 atom stereocenters. The van der Waals surface area contributed by atoms with Gasteiger partial charge in [-0.25, -0.2) is 0 Å². The highest BCUT2D eigenvalue weighted by atomic mass is 16.5. The second kappa shape index (κ2) is 8.43. The lowest BCUT2D eigenvalue weighted by molar-refractivity contribution is 0.00685. The van der Waals surface area contributed by atoms with Crippen LogP contribution in [0.5, 0.6) is 0 Å². The molecule has 20 heavy (non-hydrogen) atoms. The van der Waals surface area contributed by atoms with Gasteiger partial charge in [0.05, 0.1) is 5.60 Å². The molecule has 0 aliphatic rings. The van der Waals surface area contributed by atoms with Crippen LogP contribution < -0.4 is 5.32 Å². The summed E-state index contributed by atoms with van der Waals surface area (Å²) in [6.45, 7) is 9.77. The van der Waals surface area contributed by atoms with E-state index in [1.807, 2.05) is 0 Å². The highest BCUT2D eigenvalue weighted by molar-refractivity contribution is 5.25. The van der Waals surface area contributed by atoms with Crippen molar-refractivity contribution in [1.29, 1.82) is 0 Å². The molecule has 1 aromatic rings. The lowest BCUT2D eigenvalue weighted by Crippen LogP contribution is -2.32. The third kappa shape index (κ3) is 5.64. The zero-order valence-corrected chi connectivity index (χ0v) is 13.8. The summed E-state index contributed by atoms with van der Waals surface area (Å²) < 4.78 is 5.59. The van der Waals surface area contributed by atoms with Crippen LogP contribution in [0, 0.1) is 0 Å². The summed E-state index contributed by atoms with van der Waals surface area (Å²) in [6, 6.07) is 9.42. The van der Waals surface area contributed by atoms with Crippen LogP contribution in [0.1, 0.15) is 64.1 Å². The van der Waals surface area contributed by atoms with Gasteiger partial charge in [-0.15, -0.1) is 0 Å². The molecule has 1 rings (SSSR count). The van der Waals surface area contributed by atoms with Gasteiger partial charge in [-0.1, -0.05) is 44.5 Å². The minimum Gasteiger partial charge on any atom is -0.379 e. The Labute approximate surface area is 124 Å². The summed E-state index contributed by atoms with van der Waals surface area (Å²) in [5.74, 6) is 0. The number of ether oxygens (including phenoxy) is 1.